The molecule has 1 unspecified atom stereocenters. The summed E-state index contributed by atoms with van der Waals surface area (Å²) >= 11 is 11.9. The van der Waals surface area contributed by atoms with Crippen molar-refractivity contribution in [3.63, 3.8) is 0 Å². The number of hydrogen-bond donors (Lipinski definition) is 3. The van der Waals surface area contributed by atoms with Gasteiger partial charge in [-0.1, -0.05) is 30.1 Å². The van der Waals surface area contributed by atoms with Gasteiger partial charge in [0, 0.05) is 17.7 Å². The third-order valence-corrected chi connectivity index (χ3v) is 4.62. The molecule has 1 aliphatic heterocycles. The monoisotopic (exact) mass is 288 g/mol. The zero-order valence-corrected chi connectivity index (χ0v) is 11.9. The zero-order valence-electron chi connectivity index (χ0n) is 10.3. The summed E-state index contributed by atoms with van der Waals surface area (Å²) < 4.78 is 0. The van der Waals surface area contributed by atoms with E-state index in [-0.39, 0.29) is 17.2 Å². The van der Waals surface area contributed by atoms with Crippen LogP contribution in [-0.2, 0) is 0 Å². The molecular formula is C13H18Cl2N2O. The number of phenols is 1. The minimum Gasteiger partial charge on any atom is -0.508 e. The van der Waals surface area contributed by atoms with E-state index in [1.807, 2.05) is 0 Å². The Morgan fingerprint density at radius 3 is 2.44 bits per heavy atom. The molecule has 3 nitrogen and oxygen atoms in total. The first-order valence-electron chi connectivity index (χ1n) is 6.08. The van der Waals surface area contributed by atoms with Crippen molar-refractivity contribution in [3.05, 3.63) is 27.7 Å². The molecule has 0 radical (unpaired) electrons. The van der Waals surface area contributed by atoms with Crippen LogP contribution < -0.4 is 11.1 Å². The van der Waals surface area contributed by atoms with Crippen molar-refractivity contribution in [2.75, 3.05) is 13.1 Å². The van der Waals surface area contributed by atoms with E-state index in [1.165, 1.54) is 6.07 Å². The molecule has 1 aromatic rings. The number of piperidine rings is 1. The summed E-state index contributed by atoms with van der Waals surface area (Å²) in [6.45, 7) is 4.05. The zero-order chi connectivity index (χ0) is 13.3. The number of phenolic OH excluding ortho intramolecular Hbond substituents is 1. The molecule has 5 heteroatoms. The molecular weight excluding hydrogens is 271 g/mol. The van der Waals surface area contributed by atoms with Crippen LogP contribution >= 0.6 is 23.2 Å². The number of rotatable bonds is 2. The van der Waals surface area contributed by atoms with Gasteiger partial charge >= 0.3 is 0 Å². The lowest BCUT2D eigenvalue weighted by atomic mass is 9.72. The van der Waals surface area contributed by atoms with Crippen molar-refractivity contribution in [2.45, 2.75) is 25.8 Å². The molecule has 1 atom stereocenters. The van der Waals surface area contributed by atoms with E-state index in [0.29, 0.717) is 15.6 Å². The van der Waals surface area contributed by atoms with Gasteiger partial charge in [0.05, 0.1) is 10.0 Å². The van der Waals surface area contributed by atoms with Gasteiger partial charge in [0.1, 0.15) is 5.75 Å². The van der Waals surface area contributed by atoms with Crippen molar-refractivity contribution < 1.29 is 5.11 Å². The molecule has 1 saturated heterocycles. The quantitative estimate of drug-likeness (QED) is 0.784. The van der Waals surface area contributed by atoms with E-state index in [4.69, 9.17) is 28.9 Å². The Kier molecular flexibility index (Phi) is 4.07. The van der Waals surface area contributed by atoms with Gasteiger partial charge in [-0.25, -0.2) is 0 Å². The maximum absolute atomic E-state index is 9.99. The van der Waals surface area contributed by atoms with Crippen LogP contribution in [0.25, 0.3) is 0 Å². The first-order chi connectivity index (χ1) is 8.44. The molecule has 1 aromatic carbocycles. The van der Waals surface area contributed by atoms with Crippen molar-refractivity contribution in [1.29, 1.82) is 0 Å². The van der Waals surface area contributed by atoms with Crippen LogP contribution in [0.4, 0.5) is 0 Å². The standard InChI is InChI=1S/C13H18Cl2N2O/c1-13(2-4-17-5-3-13)12(16)8-6-9(14)10(15)7-11(8)18/h6-7,12,17-18H,2-5,16H2,1H3. The highest BCUT2D eigenvalue weighted by atomic mass is 35.5. The van der Waals surface area contributed by atoms with Crippen LogP contribution in [0.3, 0.4) is 0 Å². The van der Waals surface area contributed by atoms with Crippen molar-refractivity contribution in [1.82, 2.24) is 5.32 Å². The predicted molar refractivity (Wildman–Crippen MR) is 75.3 cm³/mol. The fourth-order valence-electron chi connectivity index (χ4n) is 2.49. The molecule has 2 rings (SSSR count). The first-order valence-corrected chi connectivity index (χ1v) is 6.84. The SMILES string of the molecule is CC1(C(N)c2cc(Cl)c(Cl)cc2O)CCNCC1. The third kappa shape index (κ3) is 2.59. The summed E-state index contributed by atoms with van der Waals surface area (Å²) in [4.78, 5) is 0. The van der Waals surface area contributed by atoms with Crippen molar-refractivity contribution >= 4 is 23.2 Å². The van der Waals surface area contributed by atoms with Gasteiger partial charge in [-0.3, -0.25) is 0 Å². The van der Waals surface area contributed by atoms with E-state index in [0.717, 1.165) is 25.9 Å². The van der Waals surface area contributed by atoms with Gasteiger partial charge in [0.15, 0.2) is 0 Å². The Morgan fingerprint density at radius 1 is 1.28 bits per heavy atom. The Labute approximate surface area is 117 Å². The highest BCUT2D eigenvalue weighted by molar-refractivity contribution is 6.42. The highest BCUT2D eigenvalue weighted by Gasteiger charge is 2.35. The molecule has 0 saturated carbocycles. The number of benzene rings is 1. The summed E-state index contributed by atoms with van der Waals surface area (Å²) in [6, 6.07) is 2.90. The number of hydrogen-bond acceptors (Lipinski definition) is 3. The van der Waals surface area contributed by atoms with Gasteiger partial charge in [0.2, 0.25) is 0 Å². The van der Waals surface area contributed by atoms with E-state index in [9.17, 15) is 5.11 Å². The van der Waals surface area contributed by atoms with Gasteiger partial charge in [-0.2, -0.15) is 0 Å². The van der Waals surface area contributed by atoms with E-state index < -0.39 is 0 Å². The molecule has 0 amide bonds. The van der Waals surface area contributed by atoms with E-state index in [1.54, 1.807) is 6.07 Å². The number of halogens is 2. The van der Waals surface area contributed by atoms with Crippen molar-refractivity contribution in [2.24, 2.45) is 11.1 Å². The Bertz CT molecular complexity index is 445. The summed E-state index contributed by atoms with van der Waals surface area (Å²) in [5.41, 5.74) is 6.98. The number of nitrogens with two attached hydrogens (primary N) is 1. The number of nitrogens with one attached hydrogen (secondary N) is 1. The average Bonchev–Trinajstić information content (AvgIpc) is 2.34. The molecule has 0 bridgehead atoms. The summed E-state index contributed by atoms with van der Waals surface area (Å²) in [5, 5.41) is 14.1. The lowest BCUT2D eigenvalue weighted by Gasteiger charge is -2.39. The van der Waals surface area contributed by atoms with Gasteiger partial charge in [-0.15, -0.1) is 0 Å². The summed E-state index contributed by atoms with van der Waals surface area (Å²) in [5.74, 6) is 0.122. The molecule has 0 spiro atoms. The molecule has 4 N–H and O–H groups in total. The molecule has 100 valence electrons. The van der Waals surface area contributed by atoms with Crippen molar-refractivity contribution in [3.8, 4) is 5.75 Å². The molecule has 1 aliphatic rings. The second-order valence-corrected chi connectivity index (χ2v) is 6.02. The van der Waals surface area contributed by atoms with Crippen LogP contribution in [0.1, 0.15) is 31.4 Å². The van der Waals surface area contributed by atoms with Crippen LogP contribution in [0.2, 0.25) is 10.0 Å². The van der Waals surface area contributed by atoms with E-state index >= 15 is 0 Å². The Hall–Kier alpha value is -0.480. The maximum atomic E-state index is 9.99. The predicted octanol–water partition coefficient (Wildman–Crippen LogP) is 3.09. The van der Waals surface area contributed by atoms with Crippen LogP contribution in [0.15, 0.2) is 12.1 Å². The summed E-state index contributed by atoms with van der Waals surface area (Å²) in [7, 11) is 0. The third-order valence-electron chi connectivity index (χ3n) is 3.90. The Morgan fingerprint density at radius 2 is 1.83 bits per heavy atom. The fraction of sp³-hybridized carbons (Fsp3) is 0.538. The first kappa shape index (κ1) is 13.9. The van der Waals surface area contributed by atoms with Crippen LogP contribution in [-0.4, -0.2) is 18.2 Å². The minimum atomic E-state index is -0.241. The highest BCUT2D eigenvalue weighted by Crippen LogP contribution is 2.43. The Balaban J connectivity index is 2.33. The molecule has 1 fully saturated rings. The largest absolute Gasteiger partial charge is 0.508 e. The maximum Gasteiger partial charge on any atom is 0.121 e. The minimum absolute atomic E-state index is 0.0279. The second-order valence-electron chi connectivity index (χ2n) is 5.21. The average molecular weight is 289 g/mol. The van der Waals surface area contributed by atoms with Crippen LogP contribution in [0.5, 0.6) is 5.75 Å². The van der Waals surface area contributed by atoms with Gasteiger partial charge in [-0.05, 0) is 37.4 Å². The smallest absolute Gasteiger partial charge is 0.121 e. The topological polar surface area (TPSA) is 58.3 Å². The van der Waals surface area contributed by atoms with Gasteiger partial charge < -0.3 is 16.2 Å². The lowest BCUT2D eigenvalue weighted by Crippen LogP contribution is -2.41. The molecule has 18 heavy (non-hydrogen) atoms. The van der Waals surface area contributed by atoms with Crippen LogP contribution in [0, 0.1) is 5.41 Å². The second kappa shape index (κ2) is 5.25. The lowest BCUT2D eigenvalue weighted by molar-refractivity contribution is 0.179. The molecule has 1 heterocycles. The fourth-order valence-corrected chi connectivity index (χ4v) is 2.82. The number of aromatic hydroxyl groups is 1. The molecule has 0 aliphatic carbocycles. The molecule has 0 aromatic heterocycles. The normalized spacial score (nSPS) is 20.7. The van der Waals surface area contributed by atoms with Gasteiger partial charge in [0.25, 0.3) is 0 Å². The summed E-state index contributed by atoms with van der Waals surface area (Å²) in [6.07, 6.45) is 1.96. The van der Waals surface area contributed by atoms with E-state index in [2.05, 4.69) is 12.2 Å².